The van der Waals surface area contributed by atoms with E-state index in [9.17, 15) is 9.59 Å². The van der Waals surface area contributed by atoms with Crippen LogP contribution in [0.1, 0.15) is 6.42 Å². The monoisotopic (exact) mass is 274 g/mol. The second-order valence-corrected chi connectivity index (χ2v) is 5.18. The molecule has 2 aromatic rings. The molecule has 3 rings (SSSR count). The largest absolute Gasteiger partial charge is 0.340 e. The maximum absolute atomic E-state index is 12.3. The van der Waals surface area contributed by atoms with Gasteiger partial charge in [0, 0.05) is 19.6 Å². The Hall–Kier alpha value is -2.08. The minimum Gasteiger partial charge on any atom is -0.340 e. The number of amides is 1. The van der Waals surface area contributed by atoms with Gasteiger partial charge in [-0.2, -0.15) is 0 Å². The minimum absolute atomic E-state index is 0.0365. The highest BCUT2D eigenvalue weighted by atomic mass is 16.2. The summed E-state index contributed by atoms with van der Waals surface area (Å²) >= 11 is 0. The molecule has 0 aliphatic carbocycles. The number of benzene rings is 1. The quantitative estimate of drug-likeness (QED) is 0.837. The van der Waals surface area contributed by atoms with Crippen LogP contribution in [0.2, 0.25) is 0 Å². The van der Waals surface area contributed by atoms with E-state index in [1.807, 2.05) is 24.3 Å². The molecule has 1 aromatic carbocycles. The number of carbonyl (C=O) groups is 1. The van der Waals surface area contributed by atoms with Crippen LogP contribution in [0.4, 0.5) is 0 Å². The summed E-state index contributed by atoms with van der Waals surface area (Å²) in [6, 6.07) is 7.63. The number of hydrogen-bond donors (Lipinski definition) is 2. The molecule has 0 bridgehead atoms. The van der Waals surface area contributed by atoms with Crippen molar-refractivity contribution in [2.45, 2.75) is 19.0 Å². The molecule has 1 atom stereocenters. The molecule has 6 heteroatoms. The molecule has 106 valence electrons. The van der Waals surface area contributed by atoms with Gasteiger partial charge in [0.15, 0.2) is 0 Å². The van der Waals surface area contributed by atoms with E-state index < -0.39 is 0 Å². The van der Waals surface area contributed by atoms with Gasteiger partial charge < -0.3 is 15.2 Å². The Kier molecular flexibility index (Phi) is 3.31. The molecule has 1 aliphatic heterocycles. The number of imidazole rings is 1. The molecule has 0 spiro atoms. The van der Waals surface area contributed by atoms with E-state index in [-0.39, 0.29) is 24.2 Å². The molecule has 2 heterocycles. The van der Waals surface area contributed by atoms with Crippen molar-refractivity contribution in [3.63, 3.8) is 0 Å². The van der Waals surface area contributed by atoms with Gasteiger partial charge in [0.2, 0.25) is 5.91 Å². The zero-order chi connectivity index (χ0) is 14.1. The highest BCUT2D eigenvalue weighted by Gasteiger charge is 2.23. The van der Waals surface area contributed by atoms with Gasteiger partial charge in [-0.05, 0) is 25.1 Å². The number of carbonyl (C=O) groups excluding carboxylic acids is 1. The number of rotatable bonds is 3. The van der Waals surface area contributed by atoms with Crippen molar-refractivity contribution < 1.29 is 4.79 Å². The number of hydrogen-bond acceptors (Lipinski definition) is 3. The normalized spacial score (nSPS) is 18.6. The third-order valence-corrected chi connectivity index (χ3v) is 3.95. The van der Waals surface area contributed by atoms with E-state index in [0.717, 1.165) is 30.5 Å². The second kappa shape index (κ2) is 5.13. The standard InChI is InChI=1S/C14H18N4O2/c1-17(10-6-7-15-8-10)13(19)9-18-12-5-3-2-4-11(12)16-14(18)20/h2-5,10,15H,6-9H2,1H3,(H,16,20). The molecule has 1 aromatic heterocycles. The number of likely N-dealkylation sites (N-methyl/N-ethyl adjacent to an activating group) is 1. The molecule has 1 aliphatic rings. The lowest BCUT2D eigenvalue weighted by Crippen LogP contribution is -2.41. The number of aromatic nitrogens is 2. The summed E-state index contributed by atoms with van der Waals surface area (Å²) in [5.74, 6) is -0.0365. The number of nitrogens with zero attached hydrogens (tertiary/aromatic N) is 2. The first-order chi connectivity index (χ1) is 9.66. The van der Waals surface area contributed by atoms with Crippen LogP contribution in [0.3, 0.4) is 0 Å². The van der Waals surface area contributed by atoms with Gasteiger partial charge in [-0.1, -0.05) is 12.1 Å². The van der Waals surface area contributed by atoms with Gasteiger partial charge in [-0.3, -0.25) is 9.36 Å². The zero-order valence-electron chi connectivity index (χ0n) is 11.4. The summed E-state index contributed by atoms with van der Waals surface area (Å²) in [5, 5.41) is 3.24. The van der Waals surface area contributed by atoms with E-state index in [0.29, 0.717) is 0 Å². The number of H-pyrrole nitrogens is 1. The van der Waals surface area contributed by atoms with E-state index in [2.05, 4.69) is 10.3 Å². The highest BCUT2D eigenvalue weighted by Crippen LogP contribution is 2.11. The fraction of sp³-hybridized carbons (Fsp3) is 0.429. The molecule has 0 saturated carbocycles. The highest BCUT2D eigenvalue weighted by molar-refractivity contribution is 5.80. The lowest BCUT2D eigenvalue weighted by atomic mass is 10.2. The van der Waals surface area contributed by atoms with Crippen LogP contribution >= 0.6 is 0 Å². The van der Waals surface area contributed by atoms with Gasteiger partial charge in [0.1, 0.15) is 6.54 Å². The lowest BCUT2D eigenvalue weighted by molar-refractivity contribution is -0.132. The first-order valence-electron chi connectivity index (χ1n) is 6.81. The maximum atomic E-state index is 12.3. The van der Waals surface area contributed by atoms with Crippen LogP contribution in [0.15, 0.2) is 29.1 Å². The first-order valence-corrected chi connectivity index (χ1v) is 6.81. The average molecular weight is 274 g/mol. The Labute approximate surface area is 116 Å². The van der Waals surface area contributed by atoms with E-state index in [1.165, 1.54) is 4.57 Å². The molecule has 0 radical (unpaired) electrons. The Morgan fingerprint density at radius 2 is 2.25 bits per heavy atom. The number of fused-ring (bicyclic) bond motifs is 1. The molecule has 20 heavy (non-hydrogen) atoms. The van der Waals surface area contributed by atoms with Crippen LogP contribution < -0.4 is 11.0 Å². The van der Waals surface area contributed by atoms with Crippen LogP contribution in [0.5, 0.6) is 0 Å². The summed E-state index contributed by atoms with van der Waals surface area (Å²) in [4.78, 5) is 28.8. The lowest BCUT2D eigenvalue weighted by Gasteiger charge is -2.23. The van der Waals surface area contributed by atoms with Gasteiger partial charge in [0.25, 0.3) is 0 Å². The Morgan fingerprint density at radius 3 is 3.00 bits per heavy atom. The molecule has 2 N–H and O–H groups in total. The van der Waals surface area contributed by atoms with E-state index in [4.69, 9.17) is 0 Å². The third-order valence-electron chi connectivity index (χ3n) is 3.95. The fourth-order valence-electron chi connectivity index (χ4n) is 2.68. The molecule has 1 amide bonds. The summed E-state index contributed by atoms with van der Waals surface area (Å²) in [6.45, 7) is 1.84. The van der Waals surface area contributed by atoms with Crippen LogP contribution in [0.25, 0.3) is 11.0 Å². The first kappa shape index (κ1) is 12.9. The smallest absolute Gasteiger partial charge is 0.326 e. The van der Waals surface area contributed by atoms with Gasteiger partial charge in [-0.25, -0.2) is 4.79 Å². The van der Waals surface area contributed by atoms with Crippen molar-refractivity contribution in [3.05, 3.63) is 34.7 Å². The second-order valence-electron chi connectivity index (χ2n) is 5.18. The molecule has 1 fully saturated rings. The Bertz CT molecular complexity index is 682. The van der Waals surface area contributed by atoms with Crippen molar-refractivity contribution in [2.75, 3.05) is 20.1 Å². The average Bonchev–Trinajstić information content (AvgIpc) is 3.07. The number of nitrogens with one attached hydrogen (secondary N) is 2. The number of aromatic amines is 1. The summed E-state index contributed by atoms with van der Waals surface area (Å²) in [6.07, 6.45) is 0.963. The van der Waals surface area contributed by atoms with Crippen molar-refractivity contribution in [3.8, 4) is 0 Å². The van der Waals surface area contributed by atoms with Crippen molar-refractivity contribution in [2.24, 2.45) is 0 Å². The molecule has 1 unspecified atom stereocenters. The van der Waals surface area contributed by atoms with Crippen LogP contribution in [-0.2, 0) is 11.3 Å². The van der Waals surface area contributed by atoms with Crippen molar-refractivity contribution >= 4 is 16.9 Å². The fourth-order valence-corrected chi connectivity index (χ4v) is 2.68. The number of para-hydroxylation sites is 2. The maximum Gasteiger partial charge on any atom is 0.326 e. The molecule has 1 saturated heterocycles. The Morgan fingerprint density at radius 1 is 1.45 bits per heavy atom. The Balaban J connectivity index is 1.83. The van der Waals surface area contributed by atoms with Gasteiger partial charge >= 0.3 is 5.69 Å². The summed E-state index contributed by atoms with van der Waals surface area (Å²) in [5.41, 5.74) is 1.29. The SMILES string of the molecule is CN(C(=O)Cn1c(=O)[nH]c2ccccc21)C1CCNC1. The van der Waals surface area contributed by atoms with Crippen LogP contribution in [0, 0.1) is 0 Å². The third kappa shape index (κ3) is 2.22. The predicted octanol–water partition coefficient (Wildman–Crippen LogP) is 0.150. The minimum atomic E-state index is -0.238. The predicted molar refractivity (Wildman–Crippen MR) is 76.6 cm³/mol. The summed E-state index contributed by atoms with van der Waals surface area (Å²) < 4.78 is 1.50. The van der Waals surface area contributed by atoms with Crippen molar-refractivity contribution in [1.29, 1.82) is 0 Å². The molecular formula is C14H18N4O2. The van der Waals surface area contributed by atoms with Gasteiger partial charge in [-0.15, -0.1) is 0 Å². The van der Waals surface area contributed by atoms with Crippen LogP contribution in [-0.4, -0.2) is 46.5 Å². The van der Waals surface area contributed by atoms with Gasteiger partial charge in [0.05, 0.1) is 11.0 Å². The van der Waals surface area contributed by atoms with E-state index >= 15 is 0 Å². The zero-order valence-corrected chi connectivity index (χ0v) is 11.4. The van der Waals surface area contributed by atoms with E-state index in [1.54, 1.807) is 11.9 Å². The molecule has 6 nitrogen and oxygen atoms in total. The summed E-state index contributed by atoms with van der Waals surface area (Å²) in [7, 11) is 1.81. The molecular weight excluding hydrogens is 256 g/mol. The topological polar surface area (TPSA) is 70.1 Å². The van der Waals surface area contributed by atoms with Crippen molar-refractivity contribution in [1.82, 2.24) is 19.8 Å².